The van der Waals surface area contributed by atoms with Crippen molar-refractivity contribution in [1.82, 2.24) is 15.1 Å². The summed E-state index contributed by atoms with van der Waals surface area (Å²) in [6.45, 7) is 7.83. The molecule has 0 saturated carbocycles. The van der Waals surface area contributed by atoms with Crippen LogP contribution >= 0.6 is 23.2 Å². The third-order valence-electron chi connectivity index (χ3n) is 3.24. The topological polar surface area (TPSA) is 29.9 Å². The molecule has 0 amide bonds. The summed E-state index contributed by atoms with van der Waals surface area (Å²) < 4.78 is 1.96. The van der Waals surface area contributed by atoms with Crippen LogP contribution in [0.15, 0.2) is 24.4 Å². The van der Waals surface area contributed by atoms with Crippen molar-refractivity contribution < 1.29 is 0 Å². The molecule has 1 aromatic heterocycles. The van der Waals surface area contributed by atoms with Gasteiger partial charge in [-0.1, -0.05) is 43.1 Å². The lowest BCUT2D eigenvalue weighted by molar-refractivity contribution is 0.585. The van der Waals surface area contributed by atoms with Gasteiger partial charge in [0.1, 0.15) is 0 Å². The molecule has 1 heterocycles. The molecule has 0 atom stereocenters. The minimum atomic E-state index is 0.462. The van der Waals surface area contributed by atoms with E-state index in [4.69, 9.17) is 23.2 Å². The lowest BCUT2D eigenvalue weighted by Gasteiger charge is -2.09. The van der Waals surface area contributed by atoms with Gasteiger partial charge in [0.05, 0.1) is 12.7 Å². The highest BCUT2D eigenvalue weighted by Gasteiger charge is 2.09. The van der Waals surface area contributed by atoms with Gasteiger partial charge in [-0.15, -0.1) is 0 Å². The summed E-state index contributed by atoms with van der Waals surface area (Å²) in [4.78, 5) is 0. The first-order valence-corrected chi connectivity index (χ1v) is 7.41. The van der Waals surface area contributed by atoms with Crippen molar-refractivity contribution in [3.63, 3.8) is 0 Å². The number of hydrogen-bond acceptors (Lipinski definition) is 2. The van der Waals surface area contributed by atoms with E-state index in [1.54, 1.807) is 6.07 Å². The van der Waals surface area contributed by atoms with Crippen molar-refractivity contribution in [1.29, 1.82) is 0 Å². The van der Waals surface area contributed by atoms with Crippen LogP contribution in [0.25, 0.3) is 0 Å². The fourth-order valence-corrected chi connectivity index (χ4v) is 2.41. The standard InChI is InChI=1S/C15H19Cl2N3/c1-10(2)18-7-13-8-19-20(11(13)3)9-12-4-5-14(16)6-15(12)17/h4-6,8,10,18H,7,9H2,1-3H3. The highest BCUT2D eigenvalue weighted by Crippen LogP contribution is 2.22. The minimum Gasteiger partial charge on any atom is -0.310 e. The van der Waals surface area contributed by atoms with Crippen molar-refractivity contribution in [3.05, 3.63) is 51.3 Å². The van der Waals surface area contributed by atoms with Crippen molar-refractivity contribution in [3.8, 4) is 0 Å². The van der Waals surface area contributed by atoms with E-state index in [1.807, 2.05) is 23.0 Å². The highest BCUT2D eigenvalue weighted by atomic mass is 35.5. The number of aromatic nitrogens is 2. The van der Waals surface area contributed by atoms with E-state index in [1.165, 1.54) is 5.56 Å². The van der Waals surface area contributed by atoms with Gasteiger partial charge in [-0.2, -0.15) is 5.10 Å². The van der Waals surface area contributed by atoms with Gasteiger partial charge >= 0.3 is 0 Å². The summed E-state index contributed by atoms with van der Waals surface area (Å²) in [6, 6.07) is 6.02. The highest BCUT2D eigenvalue weighted by molar-refractivity contribution is 6.35. The van der Waals surface area contributed by atoms with Crippen LogP contribution in [0, 0.1) is 6.92 Å². The molecule has 0 aliphatic rings. The Morgan fingerprint density at radius 2 is 2.00 bits per heavy atom. The Labute approximate surface area is 129 Å². The molecule has 0 spiro atoms. The summed E-state index contributed by atoms with van der Waals surface area (Å²) >= 11 is 12.1. The molecule has 0 bridgehead atoms. The molecular weight excluding hydrogens is 293 g/mol. The molecule has 0 unspecified atom stereocenters. The summed E-state index contributed by atoms with van der Waals surface area (Å²) in [5.41, 5.74) is 3.39. The lowest BCUT2D eigenvalue weighted by atomic mass is 10.2. The molecule has 5 heteroatoms. The smallest absolute Gasteiger partial charge is 0.0677 e. The van der Waals surface area contributed by atoms with E-state index < -0.39 is 0 Å². The van der Waals surface area contributed by atoms with Crippen molar-refractivity contribution >= 4 is 23.2 Å². The summed E-state index contributed by atoms with van der Waals surface area (Å²) in [5, 5.41) is 9.17. The number of nitrogens with one attached hydrogen (secondary N) is 1. The van der Waals surface area contributed by atoms with Gasteiger partial charge in [-0.25, -0.2) is 0 Å². The number of halogens is 2. The molecule has 0 aliphatic heterocycles. The number of benzene rings is 1. The second-order valence-corrected chi connectivity index (χ2v) is 6.03. The van der Waals surface area contributed by atoms with E-state index in [2.05, 4.69) is 31.2 Å². The van der Waals surface area contributed by atoms with Crippen molar-refractivity contribution in [2.75, 3.05) is 0 Å². The Bertz CT molecular complexity index is 591. The van der Waals surface area contributed by atoms with E-state index in [0.29, 0.717) is 22.6 Å². The minimum absolute atomic E-state index is 0.462. The first-order valence-electron chi connectivity index (χ1n) is 6.66. The Kier molecular flexibility index (Phi) is 5.08. The Morgan fingerprint density at radius 1 is 1.25 bits per heavy atom. The average Bonchev–Trinajstić information content (AvgIpc) is 2.72. The van der Waals surface area contributed by atoms with Gasteiger partial charge in [0.2, 0.25) is 0 Å². The lowest BCUT2D eigenvalue weighted by Crippen LogP contribution is -2.22. The number of nitrogens with zero attached hydrogens (tertiary/aromatic N) is 2. The fourth-order valence-electron chi connectivity index (χ4n) is 1.94. The molecule has 1 aromatic carbocycles. The van der Waals surface area contributed by atoms with Gasteiger partial charge in [0, 0.05) is 33.9 Å². The average molecular weight is 312 g/mol. The molecule has 0 saturated heterocycles. The van der Waals surface area contributed by atoms with Crippen LogP contribution in [0.2, 0.25) is 10.0 Å². The number of hydrogen-bond donors (Lipinski definition) is 1. The Balaban J connectivity index is 2.14. The molecule has 3 nitrogen and oxygen atoms in total. The molecule has 2 aromatic rings. The van der Waals surface area contributed by atoms with E-state index in [9.17, 15) is 0 Å². The van der Waals surface area contributed by atoms with E-state index in [-0.39, 0.29) is 0 Å². The predicted molar refractivity (Wildman–Crippen MR) is 84.5 cm³/mol. The summed E-state index contributed by atoms with van der Waals surface area (Å²) in [6.07, 6.45) is 1.91. The maximum absolute atomic E-state index is 6.20. The third-order valence-corrected chi connectivity index (χ3v) is 3.83. The first kappa shape index (κ1) is 15.4. The fraction of sp³-hybridized carbons (Fsp3) is 0.400. The Hall–Kier alpha value is -1.03. The van der Waals surface area contributed by atoms with Crippen LogP contribution in [-0.2, 0) is 13.1 Å². The second kappa shape index (κ2) is 6.61. The molecule has 0 aliphatic carbocycles. The van der Waals surface area contributed by atoms with Gasteiger partial charge in [-0.05, 0) is 24.6 Å². The number of rotatable bonds is 5. The normalized spacial score (nSPS) is 11.3. The predicted octanol–water partition coefficient (Wildman–Crippen LogP) is 4.04. The zero-order valence-corrected chi connectivity index (χ0v) is 13.5. The van der Waals surface area contributed by atoms with Crippen molar-refractivity contribution in [2.45, 2.75) is 39.9 Å². The maximum Gasteiger partial charge on any atom is 0.0677 e. The van der Waals surface area contributed by atoms with E-state index >= 15 is 0 Å². The quantitative estimate of drug-likeness (QED) is 0.903. The molecule has 0 radical (unpaired) electrons. The van der Waals surface area contributed by atoms with Crippen molar-refractivity contribution in [2.24, 2.45) is 0 Å². The van der Waals surface area contributed by atoms with Gasteiger partial charge < -0.3 is 5.32 Å². The second-order valence-electron chi connectivity index (χ2n) is 5.18. The zero-order valence-electron chi connectivity index (χ0n) is 12.0. The largest absolute Gasteiger partial charge is 0.310 e. The van der Waals surface area contributed by atoms with Crippen LogP contribution in [0.4, 0.5) is 0 Å². The summed E-state index contributed by atoms with van der Waals surface area (Å²) in [5.74, 6) is 0. The SMILES string of the molecule is Cc1c(CNC(C)C)cnn1Cc1ccc(Cl)cc1Cl. The first-order chi connectivity index (χ1) is 9.47. The Morgan fingerprint density at radius 3 is 2.65 bits per heavy atom. The van der Waals surface area contributed by atoms with Crippen LogP contribution in [0.1, 0.15) is 30.7 Å². The molecular formula is C15H19Cl2N3. The molecule has 108 valence electrons. The molecule has 1 N–H and O–H groups in total. The van der Waals surface area contributed by atoms with Gasteiger partial charge in [0.25, 0.3) is 0 Å². The molecule has 0 fully saturated rings. The van der Waals surface area contributed by atoms with Gasteiger partial charge in [-0.3, -0.25) is 4.68 Å². The molecule has 2 rings (SSSR count). The van der Waals surface area contributed by atoms with Crippen LogP contribution in [0.3, 0.4) is 0 Å². The third kappa shape index (κ3) is 3.75. The van der Waals surface area contributed by atoms with Gasteiger partial charge in [0.15, 0.2) is 0 Å². The summed E-state index contributed by atoms with van der Waals surface area (Å²) in [7, 11) is 0. The maximum atomic E-state index is 6.20. The monoisotopic (exact) mass is 311 g/mol. The van der Waals surface area contributed by atoms with Crippen LogP contribution in [-0.4, -0.2) is 15.8 Å². The van der Waals surface area contributed by atoms with E-state index in [0.717, 1.165) is 17.8 Å². The zero-order chi connectivity index (χ0) is 14.7. The van der Waals surface area contributed by atoms with Crippen LogP contribution < -0.4 is 5.32 Å². The molecule has 20 heavy (non-hydrogen) atoms. The van der Waals surface area contributed by atoms with Crippen LogP contribution in [0.5, 0.6) is 0 Å².